The highest BCUT2D eigenvalue weighted by Gasteiger charge is 2.54. The van der Waals surface area contributed by atoms with Crippen LogP contribution < -0.4 is 0 Å². The van der Waals surface area contributed by atoms with Crippen molar-refractivity contribution in [2.75, 3.05) is 0 Å². The van der Waals surface area contributed by atoms with Crippen LogP contribution in [0, 0.1) is 0 Å². The minimum absolute atomic E-state index is 0.272. The van der Waals surface area contributed by atoms with E-state index in [0.29, 0.717) is 17.9 Å². The van der Waals surface area contributed by atoms with Crippen molar-refractivity contribution in [2.24, 2.45) is 0 Å². The third kappa shape index (κ3) is 4.27. The molecular formula is C59H43N. The molecule has 60 heavy (non-hydrogen) atoms. The number of allylic oxidation sites excluding steroid dienone is 10. The van der Waals surface area contributed by atoms with E-state index < -0.39 is 0 Å². The van der Waals surface area contributed by atoms with Crippen molar-refractivity contribution in [1.29, 1.82) is 0 Å². The molecule has 7 aromatic rings. The fourth-order valence-corrected chi connectivity index (χ4v) is 12.9. The Bertz CT molecular complexity index is 3240. The van der Waals surface area contributed by atoms with Crippen LogP contribution in [0.5, 0.6) is 0 Å². The van der Waals surface area contributed by atoms with Gasteiger partial charge in [-0.3, -0.25) is 0 Å². The molecule has 6 aromatic carbocycles. The zero-order valence-corrected chi connectivity index (χ0v) is 33.5. The van der Waals surface area contributed by atoms with Crippen LogP contribution in [-0.4, -0.2) is 4.57 Å². The molecule has 0 amide bonds. The number of hydrogen-bond donors (Lipinski definition) is 0. The summed E-state index contributed by atoms with van der Waals surface area (Å²) in [5, 5.41) is 1.43. The van der Waals surface area contributed by atoms with Gasteiger partial charge in [-0.1, -0.05) is 158 Å². The van der Waals surface area contributed by atoms with Crippen LogP contribution in [0.1, 0.15) is 98.0 Å². The Balaban J connectivity index is 0.933. The standard InChI is InChI=1S/C59H43N/c1-2-14-37-31-40(28-25-36(37)13-1)60-57-24-12-9-21-48(57)52-32-38(27-30-58(52)60)39-26-29-47-45-19-7-10-22-53(45)59(55(47)33-39)54-23-11-8-20-46(54)51-34-49-43-17-5-3-15-41(43)42-16-4-6-18-44(42)50(49)35-56(51)59/h1-8,10-20,22-30,32,34-35,39-41,43H,9,21,31,33H2. The second-order valence-corrected chi connectivity index (χ2v) is 18.1. The van der Waals surface area contributed by atoms with Crippen molar-refractivity contribution in [1.82, 2.24) is 4.57 Å². The van der Waals surface area contributed by atoms with Crippen LogP contribution in [0.2, 0.25) is 0 Å². The van der Waals surface area contributed by atoms with Gasteiger partial charge in [0, 0.05) is 34.4 Å². The molecule has 0 saturated heterocycles. The first kappa shape index (κ1) is 33.2. The van der Waals surface area contributed by atoms with Crippen LogP contribution >= 0.6 is 0 Å². The van der Waals surface area contributed by atoms with Crippen molar-refractivity contribution in [2.45, 2.75) is 54.9 Å². The zero-order chi connectivity index (χ0) is 39.1. The zero-order valence-electron chi connectivity index (χ0n) is 33.5. The van der Waals surface area contributed by atoms with Crippen molar-refractivity contribution in [3.63, 3.8) is 0 Å². The van der Waals surface area contributed by atoms with Crippen LogP contribution in [0.25, 0.3) is 50.9 Å². The summed E-state index contributed by atoms with van der Waals surface area (Å²) in [5.74, 6) is 0.964. The van der Waals surface area contributed by atoms with Crippen LogP contribution in [0.4, 0.5) is 0 Å². The molecule has 1 aromatic heterocycles. The average Bonchev–Trinajstić information content (AvgIpc) is 3.92. The van der Waals surface area contributed by atoms with Gasteiger partial charge in [0.15, 0.2) is 0 Å². The van der Waals surface area contributed by atoms with E-state index in [9.17, 15) is 0 Å². The molecule has 5 unspecified atom stereocenters. The molecule has 1 nitrogen and oxygen atoms in total. The maximum absolute atomic E-state index is 2.64. The van der Waals surface area contributed by atoms with Gasteiger partial charge >= 0.3 is 0 Å². The van der Waals surface area contributed by atoms with E-state index in [2.05, 4.69) is 193 Å². The molecule has 0 bridgehead atoms. The largest absolute Gasteiger partial charge is 0.333 e. The van der Waals surface area contributed by atoms with E-state index in [1.165, 1.54) is 100 Å². The van der Waals surface area contributed by atoms with Crippen LogP contribution in [0.3, 0.4) is 0 Å². The number of benzene rings is 6. The highest BCUT2D eigenvalue weighted by atomic mass is 15.0. The monoisotopic (exact) mass is 765 g/mol. The van der Waals surface area contributed by atoms with Gasteiger partial charge in [0.05, 0.1) is 11.5 Å². The van der Waals surface area contributed by atoms with Gasteiger partial charge in [-0.05, 0) is 145 Å². The lowest BCUT2D eigenvalue weighted by molar-refractivity contribution is 0.610. The highest BCUT2D eigenvalue weighted by Crippen LogP contribution is 2.66. The van der Waals surface area contributed by atoms with E-state index >= 15 is 0 Å². The molecular weight excluding hydrogens is 723 g/mol. The predicted octanol–water partition coefficient (Wildman–Crippen LogP) is 14.2. The fourth-order valence-electron chi connectivity index (χ4n) is 12.9. The fraction of sp³-hybridized carbons (Fsp3) is 0.153. The molecule has 5 atom stereocenters. The normalized spacial score (nSPS) is 24.1. The lowest BCUT2D eigenvalue weighted by Gasteiger charge is -2.37. The molecule has 0 fully saturated rings. The topological polar surface area (TPSA) is 4.93 Å². The summed E-state index contributed by atoms with van der Waals surface area (Å²) in [6.07, 6.45) is 28.1. The SMILES string of the molecule is C1=CC2c3ccccc3-c3cc4c(cc3C2C=C1)-c1ccccc1C41C2=C(C=CC(c3ccc4c(c3)c3c(n4C4C=Cc5ccccc5C4)C=CCC3)C2)c2ccccc21. The molecule has 0 radical (unpaired) electrons. The van der Waals surface area contributed by atoms with Gasteiger partial charge in [-0.25, -0.2) is 0 Å². The van der Waals surface area contributed by atoms with Crippen LogP contribution in [0.15, 0.2) is 182 Å². The summed E-state index contributed by atoms with van der Waals surface area (Å²) >= 11 is 0. The Morgan fingerprint density at radius 3 is 2.22 bits per heavy atom. The Morgan fingerprint density at radius 2 is 1.32 bits per heavy atom. The highest BCUT2D eigenvalue weighted by molar-refractivity contribution is 5.99. The van der Waals surface area contributed by atoms with Gasteiger partial charge in [0.25, 0.3) is 0 Å². The van der Waals surface area contributed by atoms with Gasteiger partial charge in [-0.2, -0.15) is 0 Å². The second kappa shape index (κ2) is 12.2. The maximum atomic E-state index is 2.64. The summed E-state index contributed by atoms with van der Waals surface area (Å²) in [4.78, 5) is 0. The van der Waals surface area contributed by atoms with Gasteiger partial charge in [0.1, 0.15) is 0 Å². The van der Waals surface area contributed by atoms with E-state index in [0.717, 1.165) is 25.7 Å². The Kier molecular flexibility index (Phi) is 6.73. The lowest BCUT2D eigenvalue weighted by atomic mass is 9.64. The lowest BCUT2D eigenvalue weighted by Crippen LogP contribution is -2.29. The van der Waals surface area contributed by atoms with Crippen molar-refractivity contribution in [3.8, 4) is 22.3 Å². The number of aryl methyl sites for hydroxylation is 1. The van der Waals surface area contributed by atoms with Crippen LogP contribution in [-0.2, 0) is 18.3 Å². The van der Waals surface area contributed by atoms with E-state index in [-0.39, 0.29) is 11.3 Å². The molecule has 7 aliphatic rings. The molecule has 1 heteroatoms. The van der Waals surface area contributed by atoms with E-state index in [4.69, 9.17) is 0 Å². The minimum Gasteiger partial charge on any atom is -0.333 e. The molecule has 7 aliphatic carbocycles. The Morgan fingerprint density at radius 1 is 0.550 bits per heavy atom. The van der Waals surface area contributed by atoms with Crippen molar-refractivity contribution in [3.05, 3.63) is 243 Å². The number of nitrogens with zero attached hydrogens (tertiary/aromatic N) is 1. The quantitative estimate of drug-likeness (QED) is 0.165. The minimum atomic E-state index is -0.356. The predicted molar refractivity (Wildman–Crippen MR) is 248 cm³/mol. The molecule has 0 aliphatic heterocycles. The first-order chi connectivity index (χ1) is 29.8. The number of aromatic nitrogens is 1. The molecule has 0 N–H and O–H groups in total. The van der Waals surface area contributed by atoms with Crippen molar-refractivity contribution >= 4 is 28.6 Å². The molecule has 0 saturated carbocycles. The summed E-state index contributed by atoms with van der Waals surface area (Å²) in [6, 6.07) is 49.8. The summed E-state index contributed by atoms with van der Waals surface area (Å²) in [6.45, 7) is 0. The molecule has 1 spiro atoms. The number of rotatable bonds is 2. The smallest absolute Gasteiger partial charge is 0.0689 e. The third-order valence-electron chi connectivity index (χ3n) is 15.4. The Labute approximate surface area is 351 Å². The molecule has 1 heterocycles. The Hall–Kier alpha value is -6.70. The summed E-state index contributed by atoms with van der Waals surface area (Å²) < 4.78 is 2.64. The maximum Gasteiger partial charge on any atom is 0.0689 e. The summed E-state index contributed by atoms with van der Waals surface area (Å²) in [5.41, 5.74) is 25.3. The van der Waals surface area contributed by atoms with Gasteiger partial charge in [0.2, 0.25) is 0 Å². The van der Waals surface area contributed by atoms with Gasteiger partial charge < -0.3 is 4.57 Å². The molecule has 284 valence electrons. The summed E-state index contributed by atoms with van der Waals surface area (Å²) in [7, 11) is 0. The van der Waals surface area contributed by atoms with Crippen molar-refractivity contribution < 1.29 is 0 Å². The second-order valence-electron chi connectivity index (χ2n) is 18.1. The van der Waals surface area contributed by atoms with E-state index in [1.807, 2.05) is 0 Å². The third-order valence-corrected chi connectivity index (χ3v) is 15.4. The average molecular weight is 766 g/mol. The number of hydrogen-bond acceptors (Lipinski definition) is 0. The van der Waals surface area contributed by atoms with Gasteiger partial charge in [-0.15, -0.1) is 0 Å². The number of fused-ring (bicyclic) bond motifs is 19. The molecule has 14 rings (SSSR count). The van der Waals surface area contributed by atoms with E-state index in [1.54, 1.807) is 5.57 Å². The first-order valence-electron chi connectivity index (χ1n) is 22.1. The first-order valence-corrected chi connectivity index (χ1v) is 22.1.